The molecule has 19 heavy (non-hydrogen) atoms. The third-order valence-corrected chi connectivity index (χ3v) is 4.13. The summed E-state index contributed by atoms with van der Waals surface area (Å²) in [5, 5.41) is 2.72. The third kappa shape index (κ3) is 5.74. The number of methoxy groups -OCH3 is 1. The maximum Gasteiger partial charge on any atom is 0.232 e. The average Bonchev–Trinajstić information content (AvgIpc) is 2.36. The summed E-state index contributed by atoms with van der Waals surface area (Å²) in [6.07, 6.45) is 0.873. The van der Waals surface area contributed by atoms with Crippen LogP contribution in [0.4, 0.5) is 0 Å². The fourth-order valence-corrected chi connectivity index (χ4v) is 3.02. The second-order valence-electron chi connectivity index (χ2n) is 4.03. The van der Waals surface area contributed by atoms with Gasteiger partial charge in [0, 0.05) is 27.4 Å². The molecule has 1 aromatic carbocycles. The molecule has 0 bridgehead atoms. The van der Waals surface area contributed by atoms with Gasteiger partial charge in [-0.15, -0.1) is 0 Å². The van der Waals surface area contributed by atoms with Crippen LogP contribution in [0.15, 0.2) is 22.7 Å². The van der Waals surface area contributed by atoms with Gasteiger partial charge in [0.25, 0.3) is 0 Å². The Hall–Kier alpha value is -0.880. The molecule has 0 aliphatic heterocycles. The van der Waals surface area contributed by atoms with E-state index in [0.717, 1.165) is 16.5 Å². The molecule has 1 unspecified atom stereocenters. The van der Waals surface area contributed by atoms with Crippen LogP contribution < -0.4 is 10.1 Å². The van der Waals surface area contributed by atoms with E-state index < -0.39 is 10.8 Å². The maximum atomic E-state index is 11.9. The van der Waals surface area contributed by atoms with Crippen molar-refractivity contribution >= 4 is 32.6 Å². The Morgan fingerprint density at radius 2 is 2.21 bits per heavy atom. The van der Waals surface area contributed by atoms with Crippen molar-refractivity contribution in [2.75, 3.05) is 19.4 Å². The largest absolute Gasteiger partial charge is 0.496 e. The fourth-order valence-electron chi connectivity index (χ4n) is 1.55. The second kappa shape index (κ2) is 8.32. The lowest BCUT2D eigenvalue weighted by Gasteiger charge is -2.09. The first kappa shape index (κ1) is 16.2. The first-order chi connectivity index (χ1) is 9.06. The van der Waals surface area contributed by atoms with E-state index in [1.165, 1.54) is 0 Å². The van der Waals surface area contributed by atoms with Crippen molar-refractivity contribution in [3.8, 4) is 5.75 Å². The molecule has 1 N–H and O–H groups in total. The van der Waals surface area contributed by atoms with Crippen LogP contribution >= 0.6 is 15.9 Å². The molecule has 0 aliphatic rings. The van der Waals surface area contributed by atoms with E-state index in [1.54, 1.807) is 7.11 Å². The lowest BCUT2D eigenvalue weighted by molar-refractivity contribution is -0.118. The van der Waals surface area contributed by atoms with E-state index in [4.69, 9.17) is 4.74 Å². The quantitative estimate of drug-likeness (QED) is 0.822. The van der Waals surface area contributed by atoms with Crippen molar-refractivity contribution in [2.24, 2.45) is 0 Å². The van der Waals surface area contributed by atoms with Crippen LogP contribution in [-0.4, -0.2) is 29.5 Å². The van der Waals surface area contributed by atoms with E-state index >= 15 is 0 Å². The van der Waals surface area contributed by atoms with Gasteiger partial charge in [0.2, 0.25) is 5.91 Å². The molecule has 1 amide bonds. The van der Waals surface area contributed by atoms with Crippen LogP contribution in [-0.2, 0) is 21.3 Å². The Kier molecular flexibility index (Phi) is 7.09. The molecular weight excluding hydrogens is 330 g/mol. The number of ether oxygens (including phenoxy) is 1. The number of hydrogen-bond acceptors (Lipinski definition) is 3. The standard InChI is InChI=1S/C13H18BrNO3S/c1-3-6-15-13(16)9-19(17)8-10-7-11(14)4-5-12(10)18-2/h4-5,7H,3,6,8-9H2,1-2H3,(H,15,16). The number of benzene rings is 1. The number of amides is 1. The van der Waals surface area contributed by atoms with Crippen molar-refractivity contribution in [1.82, 2.24) is 5.32 Å². The zero-order chi connectivity index (χ0) is 14.3. The molecular formula is C13H18BrNO3S. The zero-order valence-electron chi connectivity index (χ0n) is 11.1. The van der Waals surface area contributed by atoms with Gasteiger partial charge in [0.15, 0.2) is 0 Å². The molecule has 1 atom stereocenters. The highest BCUT2D eigenvalue weighted by Crippen LogP contribution is 2.24. The van der Waals surface area contributed by atoms with Gasteiger partial charge in [-0.25, -0.2) is 0 Å². The topological polar surface area (TPSA) is 55.4 Å². The molecule has 106 valence electrons. The maximum absolute atomic E-state index is 11.9. The molecule has 0 aromatic heterocycles. The number of nitrogens with one attached hydrogen (secondary N) is 1. The highest BCUT2D eigenvalue weighted by atomic mass is 79.9. The summed E-state index contributed by atoms with van der Waals surface area (Å²) < 4.78 is 18.1. The van der Waals surface area contributed by atoms with Gasteiger partial charge in [-0.05, 0) is 24.6 Å². The monoisotopic (exact) mass is 347 g/mol. The molecule has 1 rings (SSSR count). The molecule has 0 aliphatic carbocycles. The van der Waals surface area contributed by atoms with Crippen molar-refractivity contribution in [3.63, 3.8) is 0 Å². The summed E-state index contributed by atoms with van der Waals surface area (Å²) in [5.41, 5.74) is 0.832. The summed E-state index contributed by atoms with van der Waals surface area (Å²) in [6.45, 7) is 2.60. The van der Waals surface area contributed by atoms with Crippen LogP contribution in [0, 0.1) is 0 Å². The van der Waals surface area contributed by atoms with E-state index in [1.807, 2.05) is 25.1 Å². The molecule has 4 nitrogen and oxygen atoms in total. The summed E-state index contributed by atoms with van der Waals surface area (Å²) in [6, 6.07) is 5.54. The summed E-state index contributed by atoms with van der Waals surface area (Å²) >= 11 is 3.37. The smallest absolute Gasteiger partial charge is 0.232 e. The number of rotatable bonds is 7. The lowest BCUT2D eigenvalue weighted by Crippen LogP contribution is -2.29. The average molecular weight is 348 g/mol. The predicted octanol–water partition coefficient (Wildman–Crippen LogP) is 2.23. The van der Waals surface area contributed by atoms with Gasteiger partial charge in [0.1, 0.15) is 11.5 Å². The van der Waals surface area contributed by atoms with Crippen molar-refractivity contribution in [1.29, 1.82) is 0 Å². The van der Waals surface area contributed by atoms with E-state index in [-0.39, 0.29) is 11.7 Å². The van der Waals surface area contributed by atoms with Crippen molar-refractivity contribution in [3.05, 3.63) is 28.2 Å². The SMILES string of the molecule is CCCNC(=O)CS(=O)Cc1cc(Br)ccc1OC. The molecule has 1 aromatic rings. The minimum Gasteiger partial charge on any atom is -0.496 e. The van der Waals surface area contributed by atoms with Gasteiger partial charge >= 0.3 is 0 Å². The third-order valence-electron chi connectivity index (χ3n) is 2.42. The Balaban J connectivity index is 2.61. The molecule has 0 radical (unpaired) electrons. The van der Waals surface area contributed by atoms with Crippen molar-refractivity contribution < 1.29 is 13.7 Å². The minimum absolute atomic E-state index is 0.0235. The Morgan fingerprint density at radius 3 is 2.84 bits per heavy atom. The molecule has 0 fully saturated rings. The molecule has 0 heterocycles. The fraction of sp³-hybridized carbons (Fsp3) is 0.462. The van der Waals surface area contributed by atoms with Gasteiger partial charge in [-0.1, -0.05) is 22.9 Å². The van der Waals surface area contributed by atoms with Gasteiger partial charge in [0.05, 0.1) is 12.9 Å². The molecule has 6 heteroatoms. The van der Waals surface area contributed by atoms with Gasteiger partial charge in [-0.3, -0.25) is 9.00 Å². The normalized spacial score (nSPS) is 11.9. The minimum atomic E-state index is -1.24. The van der Waals surface area contributed by atoms with E-state index in [0.29, 0.717) is 18.0 Å². The Morgan fingerprint density at radius 1 is 1.47 bits per heavy atom. The number of carbonyl (C=O) groups is 1. The number of hydrogen-bond donors (Lipinski definition) is 1. The van der Waals surface area contributed by atoms with Crippen LogP contribution in [0.3, 0.4) is 0 Å². The van der Waals surface area contributed by atoms with Gasteiger partial charge in [-0.2, -0.15) is 0 Å². The predicted molar refractivity (Wildman–Crippen MR) is 80.7 cm³/mol. The van der Waals surface area contributed by atoms with Crippen LogP contribution in [0.25, 0.3) is 0 Å². The molecule has 0 saturated heterocycles. The summed E-state index contributed by atoms with van der Waals surface area (Å²) in [4.78, 5) is 11.5. The number of halogens is 1. The second-order valence-corrected chi connectivity index (χ2v) is 6.41. The zero-order valence-corrected chi connectivity index (χ0v) is 13.5. The van der Waals surface area contributed by atoms with E-state index in [2.05, 4.69) is 21.2 Å². The Labute approximate surface area is 124 Å². The van der Waals surface area contributed by atoms with Crippen LogP contribution in [0.1, 0.15) is 18.9 Å². The molecule has 0 saturated carbocycles. The van der Waals surface area contributed by atoms with Crippen LogP contribution in [0.2, 0.25) is 0 Å². The Bertz CT molecular complexity index is 465. The summed E-state index contributed by atoms with van der Waals surface area (Å²) in [7, 11) is 0.335. The lowest BCUT2D eigenvalue weighted by atomic mass is 10.2. The highest BCUT2D eigenvalue weighted by Gasteiger charge is 2.11. The first-order valence-electron chi connectivity index (χ1n) is 6.01. The van der Waals surface area contributed by atoms with Crippen molar-refractivity contribution in [2.45, 2.75) is 19.1 Å². The summed E-state index contributed by atoms with van der Waals surface area (Å²) in [5.74, 6) is 0.845. The van der Waals surface area contributed by atoms with Crippen LogP contribution in [0.5, 0.6) is 5.75 Å². The first-order valence-corrected chi connectivity index (χ1v) is 8.29. The highest BCUT2D eigenvalue weighted by molar-refractivity contribution is 9.10. The number of carbonyl (C=O) groups excluding carboxylic acids is 1. The van der Waals surface area contributed by atoms with E-state index in [9.17, 15) is 9.00 Å². The molecule has 0 spiro atoms. The van der Waals surface area contributed by atoms with Gasteiger partial charge < -0.3 is 10.1 Å².